The molecule has 4 rings (SSSR count). The summed E-state index contributed by atoms with van der Waals surface area (Å²) in [4.78, 5) is 24.6. The van der Waals surface area contributed by atoms with Crippen LogP contribution in [0.25, 0.3) is 10.8 Å². The Morgan fingerprint density at radius 3 is 2.66 bits per heavy atom. The van der Waals surface area contributed by atoms with Crippen molar-refractivity contribution in [2.75, 3.05) is 13.7 Å². The number of methoxy groups -OCH3 is 1. The van der Waals surface area contributed by atoms with E-state index >= 15 is 0 Å². The summed E-state index contributed by atoms with van der Waals surface area (Å²) in [5.41, 5.74) is 3.90. The molecule has 0 bridgehead atoms. The maximum absolute atomic E-state index is 12.3. The van der Waals surface area contributed by atoms with Crippen molar-refractivity contribution in [3.63, 3.8) is 0 Å². The standard InChI is InChI=1S/C29H30ClNO4/c1-19-25(9-6-10-27(19)30)26(17-29(33)34-2)21-12-11-20-13-14-24(16-22(20)15-21)35-18-28(32)31-23-7-4-3-5-8-23/h6-7,9-16,26H,3-5,8,17-18H2,1-2H3,(H,31,32). The molecule has 6 heteroatoms. The third-order valence-electron chi connectivity index (χ3n) is 6.48. The zero-order valence-electron chi connectivity index (χ0n) is 20.1. The van der Waals surface area contributed by atoms with Crippen molar-refractivity contribution in [1.29, 1.82) is 0 Å². The number of allylic oxidation sites excluding steroid dienone is 2. The fraction of sp³-hybridized carbons (Fsp3) is 0.310. The van der Waals surface area contributed by atoms with E-state index in [2.05, 4.69) is 17.5 Å². The smallest absolute Gasteiger partial charge is 0.306 e. The van der Waals surface area contributed by atoms with Crippen LogP contribution in [0.15, 0.2) is 66.4 Å². The zero-order valence-corrected chi connectivity index (χ0v) is 20.9. The monoisotopic (exact) mass is 491 g/mol. The van der Waals surface area contributed by atoms with Gasteiger partial charge in [0.25, 0.3) is 5.91 Å². The van der Waals surface area contributed by atoms with E-state index in [4.69, 9.17) is 21.1 Å². The van der Waals surface area contributed by atoms with Crippen molar-refractivity contribution in [3.8, 4) is 5.75 Å². The zero-order chi connectivity index (χ0) is 24.8. The lowest BCUT2D eigenvalue weighted by molar-refractivity contribution is -0.140. The Kier molecular flexibility index (Phi) is 8.09. The summed E-state index contributed by atoms with van der Waals surface area (Å²) < 4.78 is 10.8. The second kappa shape index (κ2) is 11.4. The van der Waals surface area contributed by atoms with Crippen LogP contribution in [0.2, 0.25) is 5.02 Å². The van der Waals surface area contributed by atoms with Gasteiger partial charge in [-0.05, 0) is 78.3 Å². The molecule has 35 heavy (non-hydrogen) atoms. The summed E-state index contributed by atoms with van der Waals surface area (Å²) in [5.74, 6) is -0.0252. The molecule has 0 saturated heterocycles. The molecular formula is C29H30ClNO4. The predicted octanol–water partition coefficient (Wildman–Crippen LogP) is 6.45. The van der Waals surface area contributed by atoms with E-state index in [-0.39, 0.29) is 30.8 Å². The van der Waals surface area contributed by atoms with Crippen molar-refractivity contribution >= 4 is 34.2 Å². The van der Waals surface area contributed by atoms with Crippen LogP contribution in [0.3, 0.4) is 0 Å². The molecule has 182 valence electrons. The Hall–Kier alpha value is -3.31. The molecule has 5 nitrogen and oxygen atoms in total. The van der Waals surface area contributed by atoms with Gasteiger partial charge in [0.15, 0.2) is 6.61 Å². The van der Waals surface area contributed by atoms with Crippen LogP contribution < -0.4 is 10.1 Å². The first-order valence-corrected chi connectivity index (χ1v) is 12.3. The van der Waals surface area contributed by atoms with Crippen LogP contribution in [0.5, 0.6) is 5.75 Å². The summed E-state index contributed by atoms with van der Waals surface area (Å²) in [5, 5.41) is 5.61. The number of carbonyl (C=O) groups is 2. The van der Waals surface area contributed by atoms with E-state index in [0.29, 0.717) is 10.8 Å². The lowest BCUT2D eigenvalue weighted by atomic mass is 9.85. The normalized spacial score (nSPS) is 14.2. The highest BCUT2D eigenvalue weighted by Crippen LogP contribution is 2.35. The van der Waals surface area contributed by atoms with Crippen molar-refractivity contribution in [1.82, 2.24) is 5.32 Å². The molecular weight excluding hydrogens is 462 g/mol. The first-order chi connectivity index (χ1) is 16.9. The van der Waals surface area contributed by atoms with Crippen LogP contribution >= 0.6 is 11.6 Å². The van der Waals surface area contributed by atoms with Gasteiger partial charge < -0.3 is 14.8 Å². The minimum atomic E-state index is -0.286. The number of fused-ring (bicyclic) bond motifs is 1. The molecule has 0 aromatic heterocycles. The molecule has 0 spiro atoms. The highest BCUT2D eigenvalue weighted by molar-refractivity contribution is 6.31. The SMILES string of the molecule is COC(=O)CC(c1ccc2ccc(OCC(=O)NC3=CCCCC3)cc2c1)c1cccc(Cl)c1C. The summed E-state index contributed by atoms with van der Waals surface area (Å²) in [7, 11) is 1.40. The fourth-order valence-electron chi connectivity index (χ4n) is 4.52. The van der Waals surface area contributed by atoms with Crippen LogP contribution in [0.1, 0.15) is 54.7 Å². The average molecular weight is 492 g/mol. The number of nitrogens with one attached hydrogen (secondary N) is 1. The minimum absolute atomic E-state index is 0.0464. The van der Waals surface area contributed by atoms with Gasteiger partial charge in [-0.1, -0.05) is 54.1 Å². The summed E-state index contributed by atoms with van der Waals surface area (Å²) in [6.07, 6.45) is 6.48. The van der Waals surface area contributed by atoms with Gasteiger partial charge in [0.2, 0.25) is 0 Å². The molecule has 0 heterocycles. The van der Waals surface area contributed by atoms with Crippen molar-refractivity contribution in [2.24, 2.45) is 0 Å². The number of hydrogen-bond acceptors (Lipinski definition) is 4. The predicted molar refractivity (Wildman–Crippen MR) is 139 cm³/mol. The van der Waals surface area contributed by atoms with Crippen LogP contribution in [-0.2, 0) is 14.3 Å². The number of amides is 1. The van der Waals surface area contributed by atoms with Gasteiger partial charge in [-0.15, -0.1) is 0 Å². The minimum Gasteiger partial charge on any atom is -0.484 e. The molecule has 0 fully saturated rings. The molecule has 3 aromatic carbocycles. The van der Waals surface area contributed by atoms with Crippen LogP contribution in [-0.4, -0.2) is 25.6 Å². The second-order valence-corrected chi connectivity index (χ2v) is 9.27. The Bertz CT molecular complexity index is 1270. The molecule has 1 amide bonds. The Morgan fingerprint density at radius 2 is 1.89 bits per heavy atom. The molecule has 0 aliphatic heterocycles. The number of benzene rings is 3. The van der Waals surface area contributed by atoms with E-state index < -0.39 is 0 Å². The van der Waals surface area contributed by atoms with Gasteiger partial charge >= 0.3 is 5.97 Å². The number of esters is 1. The first kappa shape index (κ1) is 24.8. The molecule has 1 N–H and O–H groups in total. The lowest BCUT2D eigenvalue weighted by Gasteiger charge is -2.20. The van der Waals surface area contributed by atoms with Gasteiger partial charge in [-0.25, -0.2) is 0 Å². The quantitative estimate of drug-likeness (QED) is 0.368. The van der Waals surface area contributed by atoms with E-state index in [0.717, 1.165) is 52.4 Å². The topological polar surface area (TPSA) is 64.6 Å². The highest BCUT2D eigenvalue weighted by Gasteiger charge is 2.22. The van der Waals surface area contributed by atoms with Crippen LogP contribution in [0, 0.1) is 6.92 Å². The third-order valence-corrected chi connectivity index (χ3v) is 6.89. The Balaban J connectivity index is 1.56. The molecule has 3 aromatic rings. The second-order valence-electron chi connectivity index (χ2n) is 8.87. The highest BCUT2D eigenvalue weighted by atomic mass is 35.5. The van der Waals surface area contributed by atoms with Gasteiger partial charge in [0.1, 0.15) is 5.75 Å². The van der Waals surface area contributed by atoms with E-state index in [1.165, 1.54) is 13.5 Å². The van der Waals surface area contributed by atoms with Gasteiger partial charge in [0, 0.05) is 16.6 Å². The number of hydrogen-bond donors (Lipinski definition) is 1. The average Bonchev–Trinajstić information content (AvgIpc) is 2.88. The molecule has 0 radical (unpaired) electrons. The van der Waals surface area contributed by atoms with Crippen molar-refractivity contribution in [3.05, 3.63) is 88.1 Å². The number of carbonyl (C=O) groups excluding carboxylic acids is 2. The van der Waals surface area contributed by atoms with E-state index in [9.17, 15) is 9.59 Å². The van der Waals surface area contributed by atoms with E-state index in [1.54, 1.807) is 0 Å². The maximum atomic E-state index is 12.3. The molecule has 0 saturated carbocycles. The van der Waals surface area contributed by atoms with Crippen LogP contribution in [0.4, 0.5) is 0 Å². The largest absolute Gasteiger partial charge is 0.484 e. The van der Waals surface area contributed by atoms with Gasteiger partial charge in [0.05, 0.1) is 13.5 Å². The Labute approximate surface area is 211 Å². The van der Waals surface area contributed by atoms with Gasteiger partial charge in [-0.2, -0.15) is 0 Å². The number of ether oxygens (including phenoxy) is 2. The number of halogens is 1. The lowest BCUT2D eigenvalue weighted by Crippen LogP contribution is -2.28. The Morgan fingerprint density at radius 1 is 1.06 bits per heavy atom. The molecule has 1 aliphatic rings. The first-order valence-electron chi connectivity index (χ1n) is 11.9. The van der Waals surface area contributed by atoms with Crippen molar-refractivity contribution in [2.45, 2.75) is 44.9 Å². The van der Waals surface area contributed by atoms with Gasteiger partial charge in [-0.3, -0.25) is 9.59 Å². The molecule has 1 unspecified atom stereocenters. The van der Waals surface area contributed by atoms with Crippen molar-refractivity contribution < 1.29 is 19.1 Å². The summed E-state index contributed by atoms with van der Waals surface area (Å²) >= 11 is 6.38. The fourth-order valence-corrected chi connectivity index (χ4v) is 4.71. The molecule has 1 atom stereocenters. The molecule has 1 aliphatic carbocycles. The number of rotatable bonds is 8. The van der Waals surface area contributed by atoms with E-state index in [1.807, 2.05) is 55.5 Å². The summed E-state index contributed by atoms with van der Waals surface area (Å²) in [6, 6.07) is 17.6. The maximum Gasteiger partial charge on any atom is 0.306 e. The third kappa shape index (κ3) is 6.23. The summed E-state index contributed by atoms with van der Waals surface area (Å²) in [6.45, 7) is 1.92.